The molecule has 40 heavy (non-hydrogen) atoms. The van der Waals surface area contributed by atoms with Crippen LogP contribution in [0.4, 0.5) is 4.79 Å². The van der Waals surface area contributed by atoms with Crippen LogP contribution in [-0.4, -0.2) is 30.2 Å². The standard InChI is InChI=1S/C35H62N2O3/c1-23(2)10-9-11-24(3)28-14-15-29-27-13-12-25-22-26(16-19-34(25,7)30(27)17-20-35(28,29)8)37-31(38)18-21-36-32(39)40-33(4,5)6/h23-30H,9-22H2,1-8H3,(H,36,39)(H,37,38)/t24-,25?,26-,27+,28-,29+,30+,34+,35-/m1/s1. The van der Waals surface area contributed by atoms with Crippen molar-refractivity contribution in [1.29, 1.82) is 0 Å². The summed E-state index contributed by atoms with van der Waals surface area (Å²) >= 11 is 0. The van der Waals surface area contributed by atoms with Crippen LogP contribution in [0.25, 0.3) is 0 Å². The Bertz CT molecular complexity index is 880. The topological polar surface area (TPSA) is 67.4 Å². The zero-order valence-corrected chi connectivity index (χ0v) is 27.2. The first-order chi connectivity index (χ1) is 18.7. The van der Waals surface area contributed by atoms with E-state index in [-0.39, 0.29) is 11.9 Å². The van der Waals surface area contributed by atoms with Gasteiger partial charge in [-0.15, -0.1) is 0 Å². The number of hydrogen-bond donors (Lipinski definition) is 2. The van der Waals surface area contributed by atoms with E-state index >= 15 is 0 Å². The molecule has 0 bridgehead atoms. The van der Waals surface area contributed by atoms with Crippen LogP contribution in [0.3, 0.4) is 0 Å². The smallest absolute Gasteiger partial charge is 0.407 e. The summed E-state index contributed by atoms with van der Waals surface area (Å²) < 4.78 is 5.27. The summed E-state index contributed by atoms with van der Waals surface area (Å²) in [5, 5.41) is 6.03. The maximum absolute atomic E-state index is 12.7. The van der Waals surface area contributed by atoms with Crippen LogP contribution in [0, 0.1) is 52.3 Å². The fraction of sp³-hybridized carbons (Fsp3) is 0.943. The van der Waals surface area contributed by atoms with Gasteiger partial charge in [0.15, 0.2) is 0 Å². The van der Waals surface area contributed by atoms with Crippen molar-refractivity contribution in [1.82, 2.24) is 10.6 Å². The van der Waals surface area contributed by atoms with E-state index in [0.717, 1.165) is 54.3 Å². The quantitative estimate of drug-likeness (QED) is 0.298. The number of nitrogens with one attached hydrogen (secondary N) is 2. The molecule has 4 saturated carbocycles. The van der Waals surface area contributed by atoms with E-state index in [1.807, 2.05) is 20.8 Å². The zero-order chi connectivity index (χ0) is 29.3. The van der Waals surface area contributed by atoms with Crippen LogP contribution < -0.4 is 10.6 Å². The first-order valence-corrected chi connectivity index (χ1v) is 17.0. The molecule has 5 heteroatoms. The molecular weight excluding hydrogens is 496 g/mol. The lowest BCUT2D eigenvalue weighted by Crippen LogP contribution is -2.55. The Labute approximate surface area is 246 Å². The van der Waals surface area contributed by atoms with Crippen LogP contribution in [0.1, 0.15) is 139 Å². The number of carbonyl (C=O) groups excluding carboxylic acids is 2. The Morgan fingerprint density at radius 3 is 2.30 bits per heavy atom. The second-order valence-corrected chi connectivity index (χ2v) is 16.4. The molecule has 0 heterocycles. The molecule has 0 aromatic carbocycles. The minimum Gasteiger partial charge on any atom is -0.444 e. The van der Waals surface area contributed by atoms with E-state index in [0.29, 0.717) is 23.8 Å². The lowest BCUT2D eigenvalue weighted by atomic mass is 9.44. The number of amides is 2. The maximum atomic E-state index is 12.7. The molecule has 2 amide bonds. The normalized spacial score (nSPS) is 38.1. The zero-order valence-electron chi connectivity index (χ0n) is 27.2. The molecule has 230 valence electrons. The largest absolute Gasteiger partial charge is 0.444 e. The van der Waals surface area contributed by atoms with Gasteiger partial charge in [-0.2, -0.15) is 0 Å². The molecule has 0 spiro atoms. The molecule has 0 radical (unpaired) electrons. The van der Waals surface area contributed by atoms with E-state index in [1.165, 1.54) is 64.2 Å². The Hall–Kier alpha value is -1.26. The number of carbonyl (C=O) groups is 2. The molecule has 9 atom stereocenters. The summed E-state index contributed by atoms with van der Waals surface area (Å²) in [4.78, 5) is 24.6. The van der Waals surface area contributed by atoms with E-state index in [2.05, 4.69) is 45.3 Å². The van der Waals surface area contributed by atoms with Crippen molar-refractivity contribution < 1.29 is 14.3 Å². The van der Waals surface area contributed by atoms with Gasteiger partial charge >= 0.3 is 6.09 Å². The maximum Gasteiger partial charge on any atom is 0.407 e. The summed E-state index contributed by atoms with van der Waals surface area (Å²) in [6.45, 7) is 18.5. The summed E-state index contributed by atoms with van der Waals surface area (Å²) in [7, 11) is 0. The second kappa shape index (κ2) is 12.5. The Morgan fingerprint density at radius 1 is 0.900 bits per heavy atom. The minimum atomic E-state index is -0.526. The highest BCUT2D eigenvalue weighted by atomic mass is 16.6. The fourth-order valence-corrected chi connectivity index (χ4v) is 10.3. The van der Waals surface area contributed by atoms with Gasteiger partial charge in [0.1, 0.15) is 5.60 Å². The minimum absolute atomic E-state index is 0.0475. The monoisotopic (exact) mass is 558 g/mol. The third kappa shape index (κ3) is 7.02. The van der Waals surface area contributed by atoms with Crippen molar-refractivity contribution in [3.05, 3.63) is 0 Å². The van der Waals surface area contributed by atoms with Crippen molar-refractivity contribution >= 4 is 12.0 Å². The Balaban J connectivity index is 1.28. The van der Waals surface area contributed by atoms with Gasteiger partial charge in [-0.05, 0) is 131 Å². The third-order valence-electron chi connectivity index (χ3n) is 12.3. The highest BCUT2D eigenvalue weighted by molar-refractivity contribution is 5.77. The van der Waals surface area contributed by atoms with Crippen molar-refractivity contribution in [3.8, 4) is 0 Å². The SMILES string of the molecule is CC(C)CCC[C@@H](C)[C@H]1CC[C@H]2[C@@H]3CCC4C[C@H](NC(=O)CCNC(=O)OC(C)(C)C)CC[C@]4(C)[C@H]3CC[C@]12C. The Morgan fingerprint density at radius 2 is 1.60 bits per heavy atom. The van der Waals surface area contributed by atoms with Gasteiger partial charge in [-0.1, -0.05) is 53.9 Å². The van der Waals surface area contributed by atoms with Crippen molar-refractivity contribution in [3.63, 3.8) is 0 Å². The molecule has 1 unspecified atom stereocenters. The van der Waals surface area contributed by atoms with Gasteiger partial charge in [0.25, 0.3) is 0 Å². The van der Waals surface area contributed by atoms with Crippen molar-refractivity contribution in [2.75, 3.05) is 6.54 Å². The van der Waals surface area contributed by atoms with Gasteiger partial charge in [-0.25, -0.2) is 4.79 Å². The van der Waals surface area contributed by atoms with Crippen LogP contribution in [-0.2, 0) is 9.53 Å². The molecule has 4 aliphatic carbocycles. The average molecular weight is 559 g/mol. The van der Waals surface area contributed by atoms with Gasteiger partial charge in [-0.3, -0.25) is 4.79 Å². The fourth-order valence-electron chi connectivity index (χ4n) is 10.3. The summed E-state index contributed by atoms with van der Waals surface area (Å²) in [6, 6.07) is 0.278. The molecule has 0 aromatic heterocycles. The van der Waals surface area contributed by atoms with Gasteiger partial charge in [0, 0.05) is 19.0 Å². The molecule has 5 nitrogen and oxygen atoms in total. The average Bonchev–Trinajstić information content (AvgIpc) is 3.20. The predicted octanol–water partition coefficient (Wildman–Crippen LogP) is 8.51. The number of ether oxygens (including phenoxy) is 1. The summed E-state index contributed by atoms with van der Waals surface area (Å²) in [5.74, 6) is 6.11. The number of rotatable bonds is 9. The summed E-state index contributed by atoms with van der Waals surface area (Å²) in [6.07, 6.45) is 16.1. The van der Waals surface area contributed by atoms with Crippen molar-refractivity contribution in [2.45, 2.75) is 151 Å². The van der Waals surface area contributed by atoms with Gasteiger partial charge in [0.2, 0.25) is 5.91 Å². The van der Waals surface area contributed by atoms with Crippen LogP contribution in [0.2, 0.25) is 0 Å². The third-order valence-corrected chi connectivity index (χ3v) is 12.3. The molecule has 4 rings (SSSR count). The van der Waals surface area contributed by atoms with Crippen LogP contribution in [0.15, 0.2) is 0 Å². The van der Waals surface area contributed by atoms with Crippen LogP contribution >= 0.6 is 0 Å². The Kier molecular flexibility index (Phi) is 9.93. The van der Waals surface area contributed by atoms with E-state index in [1.54, 1.807) is 0 Å². The van der Waals surface area contributed by atoms with E-state index in [9.17, 15) is 9.59 Å². The number of fused-ring (bicyclic) bond motifs is 5. The second-order valence-electron chi connectivity index (χ2n) is 16.4. The van der Waals surface area contributed by atoms with E-state index < -0.39 is 11.7 Å². The first kappa shape index (κ1) is 31.7. The number of hydrogen-bond acceptors (Lipinski definition) is 3. The highest BCUT2D eigenvalue weighted by Crippen LogP contribution is 2.68. The highest BCUT2D eigenvalue weighted by Gasteiger charge is 2.60. The predicted molar refractivity (Wildman–Crippen MR) is 164 cm³/mol. The number of alkyl carbamates (subject to hydrolysis) is 1. The molecule has 0 aromatic rings. The first-order valence-electron chi connectivity index (χ1n) is 17.0. The van der Waals surface area contributed by atoms with Gasteiger partial charge < -0.3 is 15.4 Å². The molecule has 0 aliphatic heterocycles. The molecular formula is C35H62N2O3. The lowest BCUT2D eigenvalue weighted by molar-refractivity contribution is -0.128. The van der Waals surface area contributed by atoms with Gasteiger partial charge in [0.05, 0.1) is 0 Å². The van der Waals surface area contributed by atoms with Crippen molar-refractivity contribution in [2.24, 2.45) is 52.3 Å². The van der Waals surface area contributed by atoms with E-state index in [4.69, 9.17) is 4.74 Å². The lowest BCUT2D eigenvalue weighted by Gasteiger charge is -2.61. The summed E-state index contributed by atoms with van der Waals surface area (Å²) in [5.41, 5.74) is 0.465. The molecule has 2 N–H and O–H groups in total. The van der Waals surface area contributed by atoms with Crippen LogP contribution in [0.5, 0.6) is 0 Å². The molecule has 0 saturated heterocycles. The molecule has 4 aliphatic rings. The molecule has 4 fully saturated rings.